The van der Waals surface area contributed by atoms with Crippen LogP contribution in [0.4, 0.5) is 9.52 Å². The number of fused-ring (bicyclic) bond motifs is 4. The van der Waals surface area contributed by atoms with E-state index in [1.807, 2.05) is 13.0 Å². The van der Waals surface area contributed by atoms with E-state index in [9.17, 15) is 5.26 Å². The van der Waals surface area contributed by atoms with E-state index in [1.165, 1.54) is 30.2 Å². The highest BCUT2D eigenvalue weighted by Gasteiger charge is 2.36. The van der Waals surface area contributed by atoms with Crippen molar-refractivity contribution in [3.63, 3.8) is 0 Å². The van der Waals surface area contributed by atoms with Crippen molar-refractivity contribution in [1.82, 2.24) is 24.9 Å². The zero-order valence-electron chi connectivity index (χ0n) is 18.2. The summed E-state index contributed by atoms with van der Waals surface area (Å²) in [5, 5.41) is 18.6. The fourth-order valence-electron chi connectivity index (χ4n) is 5.09. The summed E-state index contributed by atoms with van der Waals surface area (Å²) >= 11 is 1.51. The van der Waals surface area contributed by atoms with Crippen LogP contribution in [-0.4, -0.2) is 44.8 Å². The van der Waals surface area contributed by atoms with Gasteiger partial charge in [-0.15, -0.1) is 12.4 Å². The monoisotopic (exact) mass is 483 g/mol. The van der Waals surface area contributed by atoms with Crippen molar-refractivity contribution < 1.29 is 4.39 Å². The molecule has 2 saturated heterocycles. The quantitative estimate of drug-likeness (QED) is 0.463. The third kappa shape index (κ3) is 3.72. The third-order valence-corrected chi connectivity index (χ3v) is 7.79. The van der Waals surface area contributed by atoms with Crippen LogP contribution in [0.25, 0.3) is 27.1 Å². The van der Waals surface area contributed by atoms with Crippen LogP contribution in [0.3, 0.4) is 0 Å². The topological polar surface area (TPSA) is 82.1 Å². The number of aromatic nitrogens is 4. The summed E-state index contributed by atoms with van der Waals surface area (Å²) in [6, 6.07) is 8.80. The second-order valence-electron chi connectivity index (χ2n) is 8.88. The predicted molar refractivity (Wildman–Crippen MR) is 130 cm³/mol. The molecule has 0 aliphatic carbocycles. The Balaban J connectivity index is 0.00000228. The van der Waals surface area contributed by atoms with Gasteiger partial charge in [0.2, 0.25) is 0 Å². The van der Waals surface area contributed by atoms with Crippen molar-refractivity contribution in [1.29, 1.82) is 5.26 Å². The first kappa shape index (κ1) is 22.0. The summed E-state index contributed by atoms with van der Waals surface area (Å²) in [5.74, 6) is -0.374. The first-order valence-electron chi connectivity index (χ1n) is 10.8. The molecule has 2 aliphatic heterocycles. The highest BCUT2D eigenvalue weighted by molar-refractivity contribution is 7.22. The van der Waals surface area contributed by atoms with Crippen molar-refractivity contribution in [3.05, 3.63) is 41.5 Å². The average Bonchev–Trinajstić information content (AvgIpc) is 3.47. The molecule has 2 bridgehead atoms. The third-order valence-electron chi connectivity index (χ3n) is 6.70. The summed E-state index contributed by atoms with van der Waals surface area (Å²) in [7, 11) is 2.07. The Bertz CT molecular complexity index is 1400. The Hall–Kier alpha value is -2.80. The van der Waals surface area contributed by atoms with Gasteiger partial charge in [0.1, 0.15) is 11.6 Å². The number of imidazole rings is 1. The number of nitriles is 1. The van der Waals surface area contributed by atoms with Gasteiger partial charge in [-0.25, -0.2) is 18.9 Å². The number of hydrogen-bond acceptors (Lipinski definition) is 7. The van der Waals surface area contributed by atoms with Gasteiger partial charge in [-0.2, -0.15) is 10.4 Å². The van der Waals surface area contributed by atoms with E-state index in [0.717, 1.165) is 28.4 Å². The first-order chi connectivity index (χ1) is 15.5. The van der Waals surface area contributed by atoms with E-state index < -0.39 is 0 Å². The molecule has 6 rings (SSSR count). The minimum absolute atomic E-state index is 0. The minimum atomic E-state index is -0.374. The van der Waals surface area contributed by atoms with Crippen molar-refractivity contribution in [3.8, 4) is 17.3 Å². The van der Waals surface area contributed by atoms with E-state index in [0.29, 0.717) is 46.1 Å². The molecule has 1 N–H and O–H groups in total. The summed E-state index contributed by atoms with van der Waals surface area (Å²) in [6.07, 6.45) is 6.45. The molecule has 2 aliphatic rings. The maximum Gasteiger partial charge on any atom is 0.186 e. The van der Waals surface area contributed by atoms with Gasteiger partial charge in [0.05, 0.1) is 27.8 Å². The van der Waals surface area contributed by atoms with Crippen LogP contribution in [-0.2, 0) is 0 Å². The number of nitrogens with zero attached hydrogens (tertiary/aromatic N) is 6. The molecule has 3 aromatic heterocycles. The molecule has 0 radical (unpaired) electrons. The van der Waals surface area contributed by atoms with Gasteiger partial charge in [0.25, 0.3) is 0 Å². The molecule has 2 fully saturated rings. The van der Waals surface area contributed by atoms with Crippen LogP contribution in [0.1, 0.15) is 36.9 Å². The maximum absolute atomic E-state index is 15.1. The molecule has 7 nitrogen and oxygen atoms in total. The van der Waals surface area contributed by atoms with Crippen molar-refractivity contribution in [2.24, 2.45) is 0 Å². The van der Waals surface area contributed by atoms with Crippen molar-refractivity contribution in [2.75, 3.05) is 11.9 Å². The largest absolute Gasteiger partial charge is 0.348 e. The molecule has 33 heavy (non-hydrogen) atoms. The van der Waals surface area contributed by atoms with Gasteiger partial charge < -0.3 is 10.2 Å². The summed E-state index contributed by atoms with van der Waals surface area (Å²) in [5.41, 5.74) is 3.23. The zero-order chi connectivity index (χ0) is 22.0. The Morgan fingerprint density at radius 3 is 2.70 bits per heavy atom. The number of benzene rings is 1. The molecule has 170 valence electrons. The standard InChI is InChI=1S/C23H22FN7S.ClH/c1-12-11-31-22(26-12)14(10-25)6-19(29-31)13-5-18(24)21-20(7-13)32-23(28-21)30(2)17-8-15-3-4-16(9-17)27-15;/h5-7,11,15-17,27H,3-4,8-9H2,1-2H3;1H/t15-,16+,17?;. The van der Waals surface area contributed by atoms with Gasteiger partial charge >= 0.3 is 0 Å². The van der Waals surface area contributed by atoms with Crippen LogP contribution in [0.5, 0.6) is 0 Å². The normalized spacial score (nSPS) is 21.8. The summed E-state index contributed by atoms with van der Waals surface area (Å²) in [4.78, 5) is 11.2. The van der Waals surface area contributed by atoms with Crippen LogP contribution in [0, 0.1) is 24.1 Å². The number of thiazole rings is 1. The second kappa shape index (κ2) is 8.20. The molecule has 0 amide bonds. The number of nitrogens with one attached hydrogen (secondary N) is 1. The zero-order valence-corrected chi connectivity index (χ0v) is 19.9. The Morgan fingerprint density at radius 1 is 1.21 bits per heavy atom. The summed E-state index contributed by atoms with van der Waals surface area (Å²) < 4.78 is 17.5. The fraction of sp³-hybridized carbons (Fsp3) is 0.391. The lowest BCUT2D eigenvalue weighted by atomic mass is 9.99. The molecule has 4 aromatic rings. The molecule has 1 unspecified atom stereocenters. The molecule has 10 heteroatoms. The van der Waals surface area contributed by atoms with E-state index in [1.54, 1.807) is 16.8 Å². The number of aryl methyl sites for hydroxylation is 1. The van der Waals surface area contributed by atoms with Crippen LogP contribution >= 0.6 is 23.7 Å². The van der Waals surface area contributed by atoms with Crippen LogP contribution < -0.4 is 10.2 Å². The number of halogens is 2. The van der Waals surface area contributed by atoms with Gasteiger partial charge in [-0.1, -0.05) is 11.3 Å². The predicted octanol–water partition coefficient (Wildman–Crippen LogP) is 4.47. The van der Waals surface area contributed by atoms with E-state index in [4.69, 9.17) is 0 Å². The molecule has 3 atom stereocenters. The molecule has 0 saturated carbocycles. The SMILES string of the molecule is Cc1cn2nc(-c3cc(F)c4nc(N(C)C5C[C@H]6CC[C@@H](C5)N6)sc4c3)cc(C#N)c2n1.Cl. The van der Waals surface area contributed by atoms with Crippen molar-refractivity contribution >= 4 is 44.7 Å². The van der Waals surface area contributed by atoms with Crippen LogP contribution in [0.2, 0.25) is 0 Å². The Morgan fingerprint density at radius 2 is 1.97 bits per heavy atom. The lowest BCUT2D eigenvalue weighted by molar-refractivity contribution is 0.354. The van der Waals surface area contributed by atoms with Crippen LogP contribution in [0.15, 0.2) is 24.4 Å². The van der Waals surface area contributed by atoms with E-state index >= 15 is 4.39 Å². The van der Waals surface area contributed by atoms with Gasteiger partial charge in [0, 0.05) is 30.7 Å². The lowest BCUT2D eigenvalue weighted by Crippen LogP contribution is -2.47. The molecular weight excluding hydrogens is 461 g/mol. The molecular formula is C23H23ClFN7S. The van der Waals surface area contributed by atoms with Crippen molar-refractivity contribution in [2.45, 2.75) is 50.7 Å². The molecule has 0 spiro atoms. The minimum Gasteiger partial charge on any atom is -0.348 e. The highest BCUT2D eigenvalue weighted by atomic mass is 35.5. The number of rotatable bonds is 3. The average molecular weight is 484 g/mol. The second-order valence-corrected chi connectivity index (χ2v) is 9.89. The van der Waals surface area contributed by atoms with Gasteiger partial charge in [-0.3, -0.25) is 0 Å². The van der Waals surface area contributed by atoms with Gasteiger partial charge in [0.15, 0.2) is 16.6 Å². The number of hydrogen-bond donors (Lipinski definition) is 1. The molecule has 1 aromatic carbocycles. The van der Waals surface area contributed by atoms with Gasteiger partial charge in [-0.05, 0) is 50.8 Å². The maximum atomic E-state index is 15.1. The fourth-order valence-corrected chi connectivity index (χ4v) is 6.14. The highest BCUT2D eigenvalue weighted by Crippen LogP contribution is 2.37. The first-order valence-corrected chi connectivity index (χ1v) is 11.7. The molecule has 5 heterocycles. The Labute approximate surface area is 200 Å². The number of piperidine rings is 1. The van der Waals surface area contributed by atoms with E-state index in [-0.39, 0.29) is 18.2 Å². The lowest BCUT2D eigenvalue weighted by Gasteiger charge is -2.35. The Kier molecular flexibility index (Phi) is 5.47. The smallest absolute Gasteiger partial charge is 0.186 e. The van der Waals surface area contributed by atoms with E-state index in [2.05, 4.69) is 38.4 Å². The summed E-state index contributed by atoms with van der Waals surface area (Å²) in [6.45, 7) is 1.85. The number of anilines is 1.